The van der Waals surface area contributed by atoms with E-state index in [9.17, 15) is 0 Å². The van der Waals surface area contributed by atoms with Crippen molar-refractivity contribution >= 4 is 22.6 Å². The van der Waals surface area contributed by atoms with Crippen LogP contribution in [0.1, 0.15) is 6.92 Å². The van der Waals surface area contributed by atoms with Gasteiger partial charge in [-0.25, -0.2) is 0 Å². The number of hydrogen-bond acceptors (Lipinski definition) is 2. The summed E-state index contributed by atoms with van der Waals surface area (Å²) in [5.74, 6) is 0.0869. The third kappa shape index (κ3) is 4.67. The van der Waals surface area contributed by atoms with Crippen molar-refractivity contribution in [3.8, 4) is 0 Å². The van der Waals surface area contributed by atoms with Crippen LogP contribution in [0.25, 0.3) is 0 Å². The number of rotatable bonds is 3. The highest BCUT2D eigenvalue weighted by Crippen LogP contribution is 2.04. The Balaban J connectivity index is 3.77. The zero-order chi connectivity index (χ0) is 8.15. The van der Waals surface area contributed by atoms with Gasteiger partial charge in [0.05, 0.1) is 4.05 Å². The molecule has 0 fully saturated rings. The van der Waals surface area contributed by atoms with E-state index in [0.717, 1.165) is 0 Å². The monoisotopic (exact) mass is 253 g/mol. The maximum absolute atomic E-state index is 8.67. The Hall–Kier alpha value is -0.190. The summed E-state index contributed by atoms with van der Waals surface area (Å²) in [4.78, 5) is 1.97. The topological polar surface area (TPSA) is 23.5 Å². The van der Waals surface area contributed by atoms with Gasteiger partial charge in [0.25, 0.3) is 0 Å². The van der Waals surface area contributed by atoms with Crippen LogP contribution in [0.15, 0.2) is 24.6 Å². The van der Waals surface area contributed by atoms with E-state index >= 15 is 0 Å². The van der Waals surface area contributed by atoms with Crippen LogP contribution >= 0.6 is 22.6 Å². The Bertz CT molecular complexity index is 143. The van der Waals surface area contributed by atoms with Gasteiger partial charge >= 0.3 is 0 Å². The molecule has 58 valence electrons. The molecule has 0 heterocycles. The van der Waals surface area contributed by atoms with Gasteiger partial charge in [-0.2, -0.15) is 0 Å². The standard InChI is InChI=1S/C7H12INO/c1-6(10)4-5-9(3)7(2)8/h4-5,7,10H,1H2,2-3H3/b5-4-. The molecule has 10 heavy (non-hydrogen) atoms. The largest absolute Gasteiger partial charge is 0.509 e. The number of nitrogens with zero attached hydrogens (tertiary/aromatic N) is 1. The molecule has 3 heteroatoms. The third-order valence-corrected chi connectivity index (χ3v) is 1.94. The molecule has 0 saturated heterocycles. The number of aliphatic hydroxyl groups is 1. The summed E-state index contributed by atoms with van der Waals surface area (Å²) in [5.41, 5.74) is 0. The minimum atomic E-state index is 0.0869. The van der Waals surface area contributed by atoms with E-state index in [-0.39, 0.29) is 5.76 Å². The van der Waals surface area contributed by atoms with Crippen LogP contribution in [0.4, 0.5) is 0 Å². The molecular formula is C7H12INO. The van der Waals surface area contributed by atoms with Crippen molar-refractivity contribution in [3.05, 3.63) is 24.6 Å². The molecule has 0 aliphatic carbocycles. The van der Waals surface area contributed by atoms with Crippen molar-refractivity contribution in [1.29, 1.82) is 0 Å². The molecule has 0 aliphatic heterocycles. The van der Waals surface area contributed by atoms with Crippen LogP contribution < -0.4 is 0 Å². The first kappa shape index (κ1) is 9.81. The van der Waals surface area contributed by atoms with Crippen LogP contribution in [0.3, 0.4) is 0 Å². The number of halogens is 1. The fraction of sp³-hybridized carbons (Fsp3) is 0.429. The van der Waals surface area contributed by atoms with E-state index < -0.39 is 0 Å². The quantitative estimate of drug-likeness (QED) is 0.274. The lowest BCUT2D eigenvalue weighted by molar-refractivity contribution is 0.425. The molecule has 0 spiro atoms. The summed E-state index contributed by atoms with van der Waals surface area (Å²) in [6.45, 7) is 5.39. The maximum Gasteiger partial charge on any atom is 0.109 e. The molecule has 0 saturated carbocycles. The van der Waals surface area contributed by atoms with Crippen LogP contribution in [-0.4, -0.2) is 21.1 Å². The molecular weight excluding hydrogens is 241 g/mol. The maximum atomic E-state index is 8.67. The summed E-state index contributed by atoms with van der Waals surface area (Å²) in [7, 11) is 1.94. The number of hydrogen-bond donors (Lipinski definition) is 1. The summed E-state index contributed by atoms with van der Waals surface area (Å²) >= 11 is 2.28. The second-order valence-corrected chi connectivity index (χ2v) is 3.85. The normalized spacial score (nSPS) is 13.5. The van der Waals surface area contributed by atoms with Crippen molar-refractivity contribution in [2.45, 2.75) is 11.0 Å². The number of alkyl halides is 1. The van der Waals surface area contributed by atoms with E-state index in [1.54, 1.807) is 12.3 Å². The van der Waals surface area contributed by atoms with Crippen molar-refractivity contribution < 1.29 is 5.11 Å². The second-order valence-electron chi connectivity index (χ2n) is 2.05. The predicted molar refractivity (Wildman–Crippen MR) is 52.2 cm³/mol. The molecule has 0 aromatic carbocycles. The fourth-order valence-corrected chi connectivity index (χ4v) is 0.508. The van der Waals surface area contributed by atoms with Gasteiger partial charge in [0, 0.05) is 13.2 Å². The Morgan fingerprint density at radius 2 is 2.30 bits per heavy atom. The molecule has 0 aliphatic rings. The van der Waals surface area contributed by atoms with Crippen molar-refractivity contribution in [2.75, 3.05) is 7.05 Å². The SMILES string of the molecule is C=C(O)/C=C\N(C)C(C)I. The van der Waals surface area contributed by atoms with Crippen LogP contribution in [0.2, 0.25) is 0 Å². The Morgan fingerprint density at radius 1 is 1.80 bits per heavy atom. The number of allylic oxidation sites excluding steroid dienone is 1. The van der Waals surface area contributed by atoms with Gasteiger partial charge in [0.15, 0.2) is 0 Å². The first-order valence-corrected chi connectivity index (χ1v) is 4.20. The van der Waals surface area contributed by atoms with E-state index in [1.807, 2.05) is 11.9 Å². The van der Waals surface area contributed by atoms with Gasteiger partial charge in [-0.1, -0.05) is 29.2 Å². The molecule has 1 N–H and O–H groups in total. The van der Waals surface area contributed by atoms with Gasteiger partial charge in [0.1, 0.15) is 5.76 Å². The van der Waals surface area contributed by atoms with Crippen molar-refractivity contribution in [2.24, 2.45) is 0 Å². The molecule has 2 nitrogen and oxygen atoms in total. The molecule has 0 rings (SSSR count). The van der Waals surface area contributed by atoms with Crippen molar-refractivity contribution in [1.82, 2.24) is 4.90 Å². The third-order valence-electron chi connectivity index (χ3n) is 1.06. The van der Waals surface area contributed by atoms with Crippen LogP contribution in [0, 0.1) is 0 Å². The predicted octanol–water partition coefficient (Wildman–Crippen LogP) is 2.28. The Kier molecular flexibility index (Phi) is 4.51. The Morgan fingerprint density at radius 3 is 2.60 bits per heavy atom. The van der Waals surface area contributed by atoms with E-state index in [4.69, 9.17) is 5.11 Å². The van der Waals surface area contributed by atoms with Gasteiger partial charge in [-0.05, 0) is 13.0 Å². The summed E-state index contributed by atoms with van der Waals surface area (Å²) in [5, 5.41) is 8.67. The highest BCUT2D eigenvalue weighted by molar-refractivity contribution is 14.1. The molecule has 1 unspecified atom stereocenters. The molecule has 0 radical (unpaired) electrons. The molecule has 1 atom stereocenters. The second kappa shape index (κ2) is 4.60. The van der Waals surface area contributed by atoms with Gasteiger partial charge in [-0.15, -0.1) is 0 Å². The first-order valence-electron chi connectivity index (χ1n) is 2.96. The summed E-state index contributed by atoms with van der Waals surface area (Å²) < 4.78 is 0.424. The van der Waals surface area contributed by atoms with Crippen molar-refractivity contribution in [3.63, 3.8) is 0 Å². The van der Waals surface area contributed by atoms with Gasteiger partial charge < -0.3 is 10.0 Å². The smallest absolute Gasteiger partial charge is 0.109 e. The summed E-state index contributed by atoms with van der Waals surface area (Å²) in [6.07, 6.45) is 3.36. The Labute approximate surface area is 75.4 Å². The fourth-order valence-electron chi connectivity index (χ4n) is 0.322. The minimum Gasteiger partial charge on any atom is -0.509 e. The van der Waals surface area contributed by atoms with Gasteiger partial charge in [0.2, 0.25) is 0 Å². The highest BCUT2D eigenvalue weighted by Gasteiger charge is 1.96. The van der Waals surface area contributed by atoms with E-state index in [2.05, 4.69) is 36.1 Å². The molecule has 0 bridgehead atoms. The van der Waals surface area contributed by atoms with Crippen LogP contribution in [0.5, 0.6) is 0 Å². The molecule has 0 amide bonds. The summed E-state index contributed by atoms with van der Waals surface area (Å²) in [6, 6.07) is 0. The average molecular weight is 253 g/mol. The lowest BCUT2D eigenvalue weighted by Gasteiger charge is -2.16. The van der Waals surface area contributed by atoms with E-state index in [1.165, 1.54) is 0 Å². The van der Waals surface area contributed by atoms with Gasteiger partial charge in [-0.3, -0.25) is 0 Å². The minimum absolute atomic E-state index is 0.0869. The van der Waals surface area contributed by atoms with Crippen LogP contribution in [-0.2, 0) is 0 Å². The molecule has 0 aromatic rings. The van der Waals surface area contributed by atoms with E-state index in [0.29, 0.717) is 4.05 Å². The number of aliphatic hydroxyl groups excluding tert-OH is 1. The highest BCUT2D eigenvalue weighted by atomic mass is 127. The molecule has 0 aromatic heterocycles. The average Bonchev–Trinajstić information content (AvgIpc) is 1.82. The first-order chi connectivity index (χ1) is 4.54. The lowest BCUT2D eigenvalue weighted by atomic mass is 10.5. The lowest BCUT2D eigenvalue weighted by Crippen LogP contribution is -2.16. The zero-order valence-corrected chi connectivity index (χ0v) is 8.37. The zero-order valence-electron chi connectivity index (χ0n) is 6.21.